The van der Waals surface area contributed by atoms with Gasteiger partial charge in [-0.15, -0.1) is 0 Å². The molecule has 0 aliphatic rings. The number of hydrogen-bond acceptors (Lipinski definition) is 4. The van der Waals surface area contributed by atoms with Gasteiger partial charge in [-0.1, -0.05) is 48.3 Å². The van der Waals surface area contributed by atoms with Crippen molar-refractivity contribution in [2.75, 3.05) is 10.6 Å². The maximum Gasteiger partial charge on any atom is 0.274 e. The first kappa shape index (κ1) is 18.2. The fraction of sp³-hybridized carbons (Fsp3) is 0.105. The summed E-state index contributed by atoms with van der Waals surface area (Å²) in [6.45, 7) is 2.04. The van der Waals surface area contributed by atoms with Crippen molar-refractivity contribution < 1.29 is 4.79 Å². The summed E-state index contributed by atoms with van der Waals surface area (Å²) in [5.74, 6) is -0.0276. The van der Waals surface area contributed by atoms with Crippen LogP contribution in [0.1, 0.15) is 23.0 Å². The summed E-state index contributed by atoms with van der Waals surface area (Å²) in [5.41, 5.74) is 2.72. The molecule has 0 unspecified atom stereocenters. The predicted molar refractivity (Wildman–Crippen MR) is 106 cm³/mol. The molecule has 0 spiro atoms. The van der Waals surface area contributed by atoms with Crippen LogP contribution in [0.4, 0.5) is 17.3 Å². The molecule has 7 heteroatoms. The summed E-state index contributed by atoms with van der Waals surface area (Å²) in [5, 5.41) is 6.87. The smallest absolute Gasteiger partial charge is 0.274 e. The van der Waals surface area contributed by atoms with E-state index in [1.54, 1.807) is 24.3 Å². The second-order valence-corrected chi connectivity index (χ2v) is 6.39. The molecule has 1 heterocycles. The summed E-state index contributed by atoms with van der Waals surface area (Å²) >= 11 is 12.0. The summed E-state index contributed by atoms with van der Waals surface area (Å²) in [6.07, 6.45) is 2.34. The summed E-state index contributed by atoms with van der Waals surface area (Å²) in [6, 6.07) is 14.2. The van der Waals surface area contributed by atoms with Gasteiger partial charge in [0.1, 0.15) is 5.69 Å². The lowest BCUT2D eigenvalue weighted by Crippen LogP contribution is -2.15. The Kier molecular flexibility index (Phi) is 5.71. The molecule has 2 aromatic carbocycles. The van der Waals surface area contributed by atoms with Crippen LogP contribution in [-0.2, 0) is 6.42 Å². The van der Waals surface area contributed by atoms with Gasteiger partial charge in [0.05, 0.1) is 0 Å². The van der Waals surface area contributed by atoms with Gasteiger partial charge >= 0.3 is 0 Å². The molecule has 0 saturated heterocycles. The number of hydrogen-bond donors (Lipinski definition) is 2. The fourth-order valence-electron chi connectivity index (χ4n) is 2.44. The number of benzene rings is 2. The van der Waals surface area contributed by atoms with Crippen LogP contribution < -0.4 is 10.6 Å². The quantitative estimate of drug-likeness (QED) is 0.620. The Morgan fingerprint density at radius 2 is 1.81 bits per heavy atom. The van der Waals surface area contributed by atoms with Crippen LogP contribution in [0, 0.1) is 0 Å². The zero-order valence-corrected chi connectivity index (χ0v) is 15.5. The summed E-state index contributed by atoms with van der Waals surface area (Å²) in [4.78, 5) is 20.9. The molecule has 0 aliphatic carbocycles. The predicted octanol–water partition coefficient (Wildman–Crippen LogP) is 5.34. The third kappa shape index (κ3) is 4.50. The number of aromatic nitrogens is 2. The second-order valence-electron chi connectivity index (χ2n) is 5.51. The Hall–Kier alpha value is -2.63. The van der Waals surface area contributed by atoms with E-state index in [-0.39, 0.29) is 17.5 Å². The van der Waals surface area contributed by atoms with Crippen LogP contribution in [0.25, 0.3) is 0 Å². The Morgan fingerprint density at radius 1 is 1.08 bits per heavy atom. The molecule has 0 fully saturated rings. The van der Waals surface area contributed by atoms with Gasteiger partial charge in [0.25, 0.3) is 5.91 Å². The number of carbonyl (C=O) groups is 1. The highest BCUT2D eigenvalue weighted by atomic mass is 35.5. The first-order valence-electron chi connectivity index (χ1n) is 8.00. The van der Waals surface area contributed by atoms with Crippen LogP contribution in [0.15, 0.2) is 54.7 Å². The lowest BCUT2D eigenvalue weighted by atomic mass is 10.1. The zero-order chi connectivity index (χ0) is 18.5. The molecule has 1 amide bonds. The summed E-state index contributed by atoms with van der Waals surface area (Å²) < 4.78 is 0. The minimum absolute atomic E-state index is 0.251. The number of nitrogens with zero attached hydrogens (tertiary/aromatic N) is 2. The molecule has 26 heavy (non-hydrogen) atoms. The van der Waals surface area contributed by atoms with Crippen molar-refractivity contribution in [3.8, 4) is 0 Å². The van der Waals surface area contributed by atoms with Crippen molar-refractivity contribution >= 4 is 46.4 Å². The Morgan fingerprint density at radius 3 is 2.54 bits per heavy atom. The topological polar surface area (TPSA) is 66.9 Å². The lowest BCUT2D eigenvalue weighted by molar-refractivity contribution is 0.102. The highest BCUT2D eigenvalue weighted by molar-refractivity contribution is 6.35. The van der Waals surface area contributed by atoms with Gasteiger partial charge in [-0.2, -0.15) is 0 Å². The molecule has 1 aromatic heterocycles. The molecule has 0 atom stereocenters. The van der Waals surface area contributed by atoms with E-state index >= 15 is 0 Å². The van der Waals surface area contributed by atoms with Crippen LogP contribution in [0.5, 0.6) is 0 Å². The van der Waals surface area contributed by atoms with Crippen LogP contribution in [0.3, 0.4) is 0 Å². The van der Waals surface area contributed by atoms with Crippen LogP contribution in [-0.4, -0.2) is 15.9 Å². The molecule has 3 rings (SSSR count). The first-order valence-corrected chi connectivity index (χ1v) is 8.76. The monoisotopic (exact) mass is 386 g/mol. The lowest BCUT2D eigenvalue weighted by Gasteiger charge is -2.10. The number of aryl methyl sites for hydroxylation is 1. The van der Waals surface area contributed by atoms with Gasteiger partial charge in [0.2, 0.25) is 5.95 Å². The van der Waals surface area contributed by atoms with E-state index in [4.69, 9.17) is 23.2 Å². The van der Waals surface area contributed by atoms with E-state index in [0.29, 0.717) is 15.7 Å². The molecule has 5 nitrogen and oxygen atoms in total. The first-order chi connectivity index (χ1) is 12.5. The molecule has 0 radical (unpaired) electrons. The Bertz CT molecular complexity index is 926. The largest absolute Gasteiger partial charge is 0.324 e. The molecule has 0 bridgehead atoms. The van der Waals surface area contributed by atoms with E-state index in [2.05, 4.69) is 20.6 Å². The van der Waals surface area contributed by atoms with Gasteiger partial charge in [-0.05, 0) is 42.3 Å². The molecule has 0 saturated carbocycles. The van der Waals surface area contributed by atoms with E-state index in [0.717, 1.165) is 17.7 Å². The van der Waals surface area contributed by atoms with E-state index in [1.807, 2.05) is 31.2 Å². The highest BCUT2D eigenvalue weighted by Crippen LogP contribution is 2.24. The standard InChI is InChI=1S/C19H16Cl2N4O/c1-2-12-5-3-4-6-16(12)24-18(26)17-7-8-22-19(25-17)23-15-10-13(20)9-14(21)11-15/h3-11H,2H2,1H3,(H,24,26)(H,22,23,25). The number of halogens is 2. The van der Waals surface area contributed by atoms with E-state index in [1.165, 1.54) is 6.20 Å². The van der Waals surface area contributed by atoms with Gasteiger partial charge < -0.3 is 10.6 Å². The Balaban J connectivity index is 1.79. The molecular weight excluding hydrogens is 371 g/mol. The normalized spacial score (nSPS) is 10.4. The van der Waals surface area contributed by atoms with Crippen LogP contribution in [0.2, 0.25) is 10.0 Å². The van der Waals surface area contributed by atoms with E-state index < -0.39 is 0 Å². The third-order valence-corrected chi connectivity index (χ3v) is 4.09. The molecule has 132 valence electrons. The van der Waals surface area contributed by atoms with Gasteiger partial charge in [0.15, 0.2) is 0 Å². The summed E-state index contributed by atoms with van der Waals surface area (Å²) in [7, 11) is 0. The maximum absolute atomic E-state index is 12.5. The average molecular weight is 387 g/mol. The zero-order valence-electron chi connectivity index (χ0n) is 14.0. The third-order valence-electron chi connectivity index (χ3n) is 3.65. The highest BCUT2D eigenvalue weighted by Gasteiger charge is 2.11. The number of anilines is 3. The molecule has 3 aromatic rings. The van der Waals surface area contributed by atoms with E-state index in [9.17, 15) is 4.79 Å². The Labute approximate surface area is 161 Å². The van der Waals surface area contributed by atoms with Crippen molar-refractivity contribution in [1.29, 1.82) is 0 Å². The minimum Gasteiger partial charge on any atom is -0.324 e. The number of carbonyl (C=O) groups excluding carboxylic acids is 1. The average Bonchev–Trinajstić information content (AvgIpc) is 2.61. The molecular formula is C19H16Cl2N4O. The second kappa shape index (κ2) is 8.17. The van der Waals surface area contributed by atoms with Crippen molar-refractivity contribution in [3.05, 3.63) is 76.0 Å². The van der Waals surface area contributed by atoms with Crippen LogP contribution >= 0.6 is 23.2 Å². The molecule has 2 N–H and O–H groups in total. The van der Waals surface area contributed by atoms with Crippen molar-refractivity contribution in [2.24, 2.45) is 0 Å². The molecule has 0 aliphatic heterocycles. The number of amides is 1. The minimum atomic E-state index is -0.305. The van der Waals surface area contributed by atoms with Crippen molar-refractivity contribution in [2.45, 2.75) is 13.3 Å². The number of nitrogens with one attached hydrogen (secondary N) is 2. The van der Waals surface area contributed by atoms with Gasteiger partial charge in [0, 0.05) is 27.6 Å². The van der Waals surface area contributed by atoms with Gasteiger partial charge in [-0.3, -0.25) is 4.79 Å². The number of rotatable bonds is 5. The van der Waals surface area contributed by atoms with Crippen molar-refractivity contribution in [3.63, 3.8) is 0 Å². The maximum atomic E-state index is 12.5. The van der Waals surface area contributed by atoms with Gasteiger partial charge in [-0.25, -0.2) is 9.97 Å². The fourth-order valence-corrected chi connectivity index (χ4v) is 2.96. The SMILES string of the molecule is CCc1ccccc1NC(=O)c1ccnc(Nc2cc(Cl)cc(Cl)c2)n1. The number of para-hydroxylation sites is 1. The van der Waals surface area contributed by atoms with Crippen molar-refractivity contribution in [1.82, 2.24) is 9.97 Å².